The zero-order valence-electron chi connectivity index (χ0n) is 14.4. The zero-order chi connectivity index (χ0) is 18.0. The number of primary amides is 1. The fraction of sp³-hybridized carbons (Fsp3) is 0.471. The molecule has 2 aromatic heterocycles. The Morgan fingerprint density at radius 2 is 2.24 bits per heavy atom. The maximum Gasteiger partial charge on any atom is 0.274 e. The Labute approximate surface area is 145 Å². The summed E-state index contributed by atoms with van der Waals surface area (Å²) in [5.41, 5.74) is 6.51. The second-order valence-corrected chi connectivity index (χ2v) is 6.36. The second-order valence-electron chi connectivity index (χ2n) is 6.36. The molecule has 1 aliphatic heterocycles. The summed E-state index contributed by atoms with van der Waals surface area (Å²) < 4.78 is 12.8. The number of hydrogen-bond donors (Lipinski definition) is 1. The minimum atomic E-state index is -0.913. The smallest absolute Gasteiger partial charge is 0.274 e. The lowest BCUT2D eigenvalue weighted by atomic mass is 9.97. The van der Waals surface area contributed by atoms with Crippen molar-refractivity contribution in [3.63, 3.8) is 0 Å². The molecule has 8 heteroatoms. The second kappa shape index (κ2) is 6.81. The third-order valence-corrected chi connectivity index (χ3v) is 4.35. The molecule has 0 aliphatic carbocycles. The standard InChI is InChI=1S/C17H22N4O4/c1-12-4-3-5-15-19-13(9-21(12)15)16(23)20-6-7-25-17(10-20,11-24-2)8-14(18)22/h3-5,9H,6-8,10-11H2,1-2H3,(H2,18,22). The average molecular weight is 346 g/mol. The summed E-state index contributed by atoms with van der Waals surface area (Å²) in [4.78, 5) is 30.4. The highest BCUT2D eigenvalue weighted by molar-refractivity contribution is 5.93. The van der Waals surface area contributed by atoms with Crippen molar-refractivity contribution in [3.05, 3.63) is 35.8 Å². The Kier molecular flexibility index (Phi) is 4.73. The Bertz CT molecular complexity index is 799. The highest BCUT2D eigenvalue weighted by atomic mass is 16.5. The van der Waals surface area contributed by atoms with Crippen LogP contribution in [0.5, 0.6) is 0 Å². The van der Waals surface area contributed by atoms with Crippen molar-refractivity contribution in [1.29, 1.82) is 0 Å². The molecular weight excluding hydrogens is 324 g/mol. The van der Waals surface area contributed by atoms with Crippen LogP contribution in [0.4, 0.5) is 0 Å². The maximum absolute atomic E-state index is 12.9. The predicted octanol–water partition coefficient (Wildman–Crippen LogP) is 0.376. The number of nitrogens with zero attached hydrogens (tertiary/aromatic N) is 3. The van der Waals surface area contributed by atoms with Crippen LogP contribution in [0.2, 0.25) is 0 Å². The van der Waals surface area contributed by atoms with Gasteiger partial charge in [0.15, 0.2) is 0 Å². The molecule has 3 rings (SSSR count). The highest BCUT2D eigenvalue weighted by Crippen LogP contribution is 2.24. The molecule has 1 unspecified atom stereocenters. The number of hydrogen-bond acceptors (Lipinski definition) is 5. The molecule has 0 saturated carbocycles. The molecule has 3 heterocycles. The summed E-state index contributed by atoms with van der Waals surface area (Å²) in [6, 6.07) is 5.71. The maximum atomic E-state index is 12.9. The van der Waals surface area contributed by atoms with Crippen molar-refractivity contribution in [2.45, 2.75) is 18.9 Å². The molecule has 8 nitrogen and oxygen atoms in total. The number of carbonyl (C=O) groups is 2. The first kappa shape index (κ1) is 17.4. The summed E-state index contributed by atoms with van der Waals surface area (Å²) in [5, 5.41) is 0. The molecule has 1 atom stereocenters. The number of pyridine rings is 1. The number of ether oxygens (including phenoxy) is 2. The van der Waals surface area contributed by atoms with Crippen LogP contribution < -0.4 is 5.73 Å². The lowest BCUT2D eigenvalue weighted by Crippen LogP contribution is -2.57. The Balaban J connectivity index is 1.85. The quantitative estimate of drug-likeness (QED) is 0.843. The summed E-state index contributed by atoms with van der Waals surface area (Å²) in [6.45, 7) is 3.11. The molecule has 1 fully saturated rings. The van der Waals surface area contributed by atoms with Crippen molar-refractivity contribution in [2.75, 3.05) is 33.4 Å². The SMILES string of the molecule is COCC1(CC(N)=O)CN(C(=O)c2cn3c(C)cccc3n2)CCO1. The number of morpholine rings is 1. The minimum Gasteiger partial charge on any atom is -0.382 e. The van der Waals surface area contributed by atoms with Gasteiger partial charge < -0.3 is 24.5 Å². The average Bonchev–Trinajstić information content (AvgIpc) is 2.99. The van der Waals surface area contributed by atoms with Crippen molar-refractivity contribution in [2.24, 2.45) is 5.73 Å². The van der Waals surface area contributed by atoms with Gasteiger partial charge in [0.25, 0.3) is 5.91 Å². The number of fused-ring (bicyclic) bond motifs is 1. The fourth-order valence-corrected chi connectivity index (χ4v) is 3.26. The lowest BCUT2D eigenvalue weighted by Gasteiger charge is -2.41. The van der Waals surface area contributed by atoms with E-state index in [0.717, 1.165) is 11.3 Å². The van der Waals surface area contributed by atoms with Gasteiger partial charge in [-0.1, -0.05) is 6.07 Å². The largest absolute Gasteiger partial charge is 0.382 e. The van der Waals surface area contributed by atoms with Crippen molar-refractivity contribution in [3.8, 4) is 0 Å². The fourth-order valence-electron chi connectivity index (χ4n) is 3.26. The van der Waals surface area contributed by atoms with E-state index in [4.69, 9.17) is 15.2 Å². The van der Waals surface area contributed by atoms with E-state index < -0.39 is 11.5 Å². The molecule has 2 amide bonds. The van der Waals surface area contributed by atoms with Crippen LogP contribution in [-0.2, 0) is 14.3 Å². The summed E-state index contributed by atoms with van der Waals surface area (Å²) in [6.07, 6.45) is 1.73. The number of aromatic nitrogens is 2. The number of amides is 2. The monoisotopic (exact) mass is 346 g/mol. The number of methoxy groups -OCH3 is 1. The van der Waals surface area contributed by atoms with Gasteiger partial charge in [-0.15, -0.1) is 0 Å². The van der Waals surface area contributed by atoms with E-state index in [1.807, 2.05) is 29.5 Å². The van der Waals surface area contributed by atoms with Gasteiger partial charge in [0, 0.05) is 25.5 Å². The Morgan fingerprint density at radius 3 is 2.92 bits per heavy atom. The first-order valence-corrected chi connectivity index (χ1v) is 8.09. The normalized spacial score (nSPS) is 20.8. The van der Waals surface area contributed by atoms with Gasteiger partial charge in [0.2, 0.25) is 5.91 Å². The molecule has 0 radical (unpaired) electrons. The third-order valence-electron chi connectivity index (χ3n) is 4.35. The predicted molar refractivity (Wildman–Crippen MR) is 90.2 cm³/mol. The van der Waals surface area contributed by atoms with Crippen LogP contribution in [0.15, 0.2) is 24.4 Å². The molecule has 1 saturated heterocycles. The van der Waals surface area contributed by atoms with Crippen LogP contribution in [0.25, 0.3) is 5.65 Å². The van der Waals surface area contributed by atoms with Gasteiger partial charge in [-0.3, -0.25) is 9.59 Å². The summed E-state index contributed by atoms with van der Waals surface area (Å²) in [5.74, 6) is -0.689. The van der Waals surface area contributed by atoms with Crippen molar-refractivity contribution in [1.82, 2.24) is 14.3 Å². The zero-order valence-corrected chi connectivity index (χ0v) is 14.4. The van der Waals surface area contributed by atoms with E-state index >= 15 is 0 Å². The van der Waals surface area contributed by atoms with Crippen LogP contribution >= 0.6 is 0 Å². The first-order chi connectivity index (χ1) is 11.9. The molecule has 0 aromatic carbocycles. The number of nitrogens with two attached hydrogens (primary N) is 1. The number of imidazole rings is 1. The topological polar surface area (TPSA) is 99.2 Å². The lowest BCUT2D eigenvalue weighted by molar-refractivity contribution is -0.148. The molecule has 2 N–H and O–H groups in total. The third kappa shape index (κ3) is 3.49. The summed E-state index contributed by atoms with van der Waals surface area (Å²) >= 11 is 0. The van der Waals surface area contributed by atoms with Crippen LogP contribution in [0, 0.1) is 6.92 Å². The molecule has 2 aromatic rings. The molecule has 25 heavy (non-hydrogen) atoms. The van der Waals surface area contributed by atoms with E-state index in [2.05, 4.69) is 4.98 Å². The summed E-state index contributed by atoms with van der Waals surface area (Å²) in [7, 11) is 1.53. The Morgan fingerprint density at radius 1 is 1.44 bits per heavy atom. The molecule has 134 valence electrons. The first-order valence-electron chi connectivity index (χ1n) is 8.09. The van der Waals surface area contributed by atoms with Gasteiger partial charge in [-0.05, 0) is 19.1 Å². The van der Waals surface area contributed by atoms with Crippen LogP contribution in [0.1, 0.15) is 22.6 Å². The molecular formula is C17H22N4O4. The van der Waals surface area contributed by atoms with Gasteiger partial charge in [0.05, 0.1) is 26.2 Å². The van der Waals surface area contributed by atoms with Gasteiger partial charge >= 0.3 is 0 Å². The molecule has 0 spiro atoms. The van der Waals surface area contributed by atoms with Crippen LogP contribution in [0.3, 0.4) is 0 Å². The van der Waals surface area contributed by atoms with E-state index in [9.17, 15) is 9.59 Å². The molecule has 0 bridgehead atoms. The van der Waals surface area contributed by atoms with Gasteiger partial charge in [-0.25, -0.2) is 4.98 Å². The van der Waals surface area contributed by atoms with Crippen molar-refractivity contribution >= 4 is 17.5 Å². The highest BCUT2D eigenvalue weighted by Gasteiger charge is 2.40. The number of aryl methyl sites for hydroxylation is 1. The van der Waals surface area contributed by atoms with E-state index in [1.165, 1.54) is 7.11 Å². The van der Waals surface area contributed by atoms with E-state index in [1.54, 1.807) is 11.1 Å². The number of carbonyl (C=O) groups excluding carboxylic acids is 2. The Hall–Kier alpha value is -2.45. The minimum absolute atomic E-state index is 0.00507. The number of rotatable bonds is 5. The van der Waals surface area contributed by atoms with Gasteiger partial charge in [-0.2, -0.15) is 0 Å². The van der Waals surface area contributed by atoms with E-state index in [-0.39, 0.29) is 25.5 Å². The van der Waals surface area contributed by atoms with Gasteiger partial charge in [0.1, 0.15) is 16.9 Å². The van der Waals surface area contributed by atoms with Crippen molar-refractivity contribution < 1.29 is 19.1 Å². The molecule has 1 aliphatic rings. The van der Waals surface area contributed by atoms with Crippen LogP contribution in [-0.4, -0.2) is 65.1 Å². The van der Waals surface area contributed by atoms with E-state index in [0.29, 0.717) is 18.8 Å².